The SMILES string of the molecule is c1ccc(-c2ccc(N(c3ccc(-c4ccc5oc6ccc7sc(-c8ccccc8)nc7c6c5c4)cc3)c3cccc(-c4cccc5c4oc4ccccc45)c3)cc2)cc1. The van der Waals surface area contributed by atoms with E-state index in [0.29, 0.717) is 0 Å². The van der Waals surface area contributed by atoms with Crippen LogP contribution >= 0.6 is 11.3 Å². The molecule has 0 saturated heterocycles. The standard InChI is InChI=1S/C55H34N2O2S/c1-3-11-35(12-4-1)36-21-26-41(27-22-36)57(43-16-9-15-40(33-43)44-18-10-19-46-45-17-7-8-20-48(45)59-54(44)46)42-28-23-37(24-29-42)39-25-30-49-47(34-39)52-50(58-49)31-32-51-53(52)56-55(60-51)38-13-5-2-6-14-38/h1-34H. The van der Waals surface area contributed by atoms with Gasteiger partial charge in [0.05, 0.1) is 15.6 Å². The monoisotopic (exact) mass is 786 g/mol. The van der Waals surface area contributed by atoms with E-state index in [2.05, 4.69) is 193 Å². The van der Waals surface area contributed by atoms with Gasteiger partial charge in [0.2, 0.25) is 0 Å². The van der Waals surface area contributed by atoms with Crippen molar-refractivity contribution in [3.05, 3.63) is 206 Å². The fourth-order valence-corrected chi connectivity index (χ4v) is 9.59. The molecule has 4 nitrogen and oxygen atoms in total. The highest BCUT2D eigenvalue weighted by molar-refractivity contribution is 7.21. The summed E-state index contributed by atoms with van der Waals surface area (Å²) < 4.78 is 14.0. The summed E-state index contributed by atoms with van der Waals surface area (Å²) in [5.74, 6) is 0. The molecule has 0 saturated carbocycles. The van der Waals surface area contributed by atoms with E-state index in [1.165, 1.54) is 11.1 Å². The third-order valence-electron chi connectivity index (χ3n) is 11.5. The molecule has 5 heteroatoms. The Labute approximate surface area is 349 Å². The number of hydrogen-bond donors (Lipinski definition) is 0. The molecule has 0 amide bonds. The van der Waals surface area contributed by atoms with E-state index in [4.69, 9.17) is 13.8 Å². The summed E-state index contributed by atoms with van der Waals surface area (Å²) in [5, 5.41) is 5.38. The lowest BCUT2D eigenvalue weighted by molar-refractivity contribution is 0.669. The predicted molar refractivity (Wildman–Crippen MR) is 251 cm³/mol. The molecule has 0 fully saturated rings. The lowest BCUT2D eigenvalue weighted by atomic mass is 10.00. The van der Waals surface area contributed by atoms with Gasteiger partial charge in [-0.05, 0) is 94.5 Å². The zero-order valence-corrected chi connectivity index (χ0v) is 33.1. The van der Waals surface area contributed by atoms with Gasteiger partial charge < -0.3 is 13.7 Å². The highest BCUT2D eigenvalue weighted by Gasteiger charge is 2.19. The van der Waals surface area contributed by atoms with Gasteiger partial charge in [-0.2, -0.15) is 0 Å². The number of thiazole rings is 1. The summed E-state index contributed by atoms with van der Waals surface area (Å²) in [7, 11) is 0. The van der Waals surface area contributed by atoms with Crippen molar-refractivity contribution in [2.45, 2.75) is 0 Å². The average molecular weight is 787 g/mol. The first kappa shape index (κ1) is 34.3. The van der Waals surface area contributed by atoms with E-state index in [0.717, 1.165) is 104 Å². The third-order valence-corrected chi connectivity index (χ3v) is 12.6. The molecule has 9 aromatic carbocycles. The third kappa shape index (κ3) is 5.78. The van der Waals surface area contributed by atoms with Gasteiger partial charge in [-0.25, -0.2) is 4.98 Å². The predicted octanol–water partition coefficient (Wildman–Crippen LogP) is 16.2. The van der Waals surface area contributed by atoms with Crippen LogP contribution in [0.5, 0.6) is 0 Å². The van der Waals surface area contributed by atoms with Crippen molar-refractivity contribution in [3.63, 3.8) is 0 Å². The molecule has 0 unspecified atom stereocenters. The number of benzene rings is 9. The van der Waals surface area contributed by atoms with E-state index < -0.39 is 0 Å². The van der Waals surface area contributed by atoms with Gasteiger partial charge in [-0.1, -0.05) is 140 Å². The number of nitrogens with zero attached hydrogens (tertiary/aromatic N) is 2. The Hall–Kier alpha value is -7.73. The number of para-hydroxylation sites is 2. The minimum atomic E-state index is 0.850. The second-order valence-corrected chi connectivity index (χ2v) is 16.1. The summed E-state index contributed by atoms with van der Waals surface area (Å²) >= 11 is 1.72. The van der Waals surface area contributed by atoms with Gasteiger partial charge in [-0.15, -0.1) is 11.3 Å². The molecule has 12 rings (SSSR count). The normalized spacial score (nSPS) is 11.7. The maximum absolute atomic E-state index is 6.48. The molecular weight excluding hydrogens is 753 g/mol. The molecule has 60 heavy (non-hydrogen) atoms. The van der Waals surface area contributed by atoms with E-state index >= 15 is 0 Å². The summed E-state index contributed by atoms with van der Waals surface area (Å²) in [6.07, 6.45) is 0. The Bertz CT molecular complexity index is 3530. The molecule has 3 aromatic heterocycles. The first-order chi connectivity index (χ1) is 29.7. The fourth-order valence-electron chi connectivity index (χ4n) is 8.61. The average Bonchev–Trinajstić information content (AvgIpc) is 4.04. The molecule has 0 spiro atoms. The van der Waals surface area contributed by atoms with Gasteiger partial charge in [0.25, 0.3) is 0 Å². The first-order valence-corrected chi connectivity index (χ1v) is 20.9. The van der Waals surface area contributed by atoms with Crippen molar-refractivity contribution in [1.82, 2.24) is 4.98 Å². The lowest BCUT2D eigenvalue weighted by Gasteiger charge is -2.26. The fraction of sp³-hybridized carbons (Fsp3) is 0. The van der Waals surface area contributed by atoms with Crippen LogP contribution in [0.25, 0.3) is 98.0 Å². The van der Waals surface area contributed by atoms with Crippen molar-refractivity contribution < 1.29 is 8.83 Å². The number of aromatic nitrogens is 1. The Balaban J connectivity index is 0.951. The molecule has 3 heterocycles. The second kappa shape index (κ2) is 14.0. The maximum Gasteiger partial charge on any atom is 0.143 e. The van der Waals surface area contributed by atoms with Gasteiger partial charge in [-0.3, -0.25) is 0 Å². The Kier molecular flexibility index (Phi) is 8.00. The molecule has 0 aliphatic heterocycles. The number of anilines is 3. The van der Waals surface area contributed by atoms with Gasteiger partial charge in [0.1, 0.15) is 27.3 Å². The molecule has 0 N–H and O–H groups in total. The van der Waals surface area contributed by atoms with Crippen LogP contribution in [-0.2, 0) is 0 Å². The van der Waals surface area contributed by atoms with Crippen molar-refractivity contribution in [2.24, 2.45) is 0 Å². The van der Waals surface area contributed by atoms with Crippen LogP contribution in [0.2, 0.25) is 0 Å². The van der Waals surface area contributed by atoms with Crippen LogP contribution in [-0.4, -0.2) is 4.98 Å². The summed E-state index contributed by atoms with van der Waals surface area (Å²) in [6, 6.07) is 72.7. The quantitative estimate of drug-likeness (QED) is 0.161. The molecule has 282 valence electrons. The number of hydrogen-bond acceptors (Lipinski definition) is 5. The highest BCUT2D eigenvalue weighted by atomic mass is 32.1. The van der Waals surface area contributed by atoms with Gasteiger partial charge in [0.15, 0.2) is 0 Å². The first-order valence-electron chi connectivity index (χ1n) is 20.1. The lowest BCUT2D eigenvalue weighted by Crippen LogP contribution is -2.10. The number of fused-ring (bicyclic) bond motifs is 8. The van der Waals surface area contributed by atoms with Crippen LogP contribution in [0.4, 0.5) is 17.1 Å². The molecule has 0 aliphatic rings. The highest BCUT2D eigenvalue weighted by Crippen LogP contribution is 2.43. The summed E-state index contributed by atoms with van der Waals surface area (Å²) in [4.78, 5) is 7.48. The number of rotatable bonds is 7. The van der Waals surface area contributed by atoms with Crippen LogP contribution < -0.4 is 4.90 Å². The zero-order valence-electron chi connectivity index (χ0n) is 32.2. The minimum Gasteiger partial charge on any atom is -0.456 e. The van der Waals surface area contributed by atoms with Crippen molar-refractivity contribution in [3.8, 4) is 44.0 Å². The smallest absolute Gasteiger partial charge is 0.143 e. The molecular formula is C55H34N2O2S. The number of furan rings is 2. The topological polar surface area (TPSA) is 42.4 Å². The Morgan fingerprint density at radius 1 is 0.383 bits per heavy atom. The Morgan fingerprint density at radius 2 is 0.983 bits per heavy atom. The summed E-state index contributed by atoms with van der Waals surface area (Å²) in [6.45, 7) is 0. The van der Waals surface area contributed by atoms with Crippen LogP contribution in [0.1, 0.15) is 0 Å². The zero-order chi connectivity index (χ0) is 39.6. The Morgan fingerprint density at radius 3 is 1.77 bits per heavy atom. The molecule has 12 aromatic rings. The van der Waals surface area contributed by atoms with Gasteiger partial charge in [0, 0.05) is 44.3 Å². The molecule has 0 atom stereocenters. The van der Waals surface area contributed by atoms with E-state index in [-0.39, 0.29) is 0 Å². The molecule has 0 radical (unpaired) electrons. The van der Waals surface area contributed by atoms with Crippen LogP contribution in [0, 0.1) is 0 Å². The van der Waals surface area contributed by atoms with Crippen LogP contribution in [0.3, 0.4) is 0 Å². The van der Waals surface area contributed by atoms with Crippen molar-refractivity contribution in [2.75, 3.05) is 4.90 Å². The van der Waals surface area contributed by atoms with E-state index in [9.17, 15) is 0 Å². The van der Waals surface area contributed by atoms with Gasteiger partial charge >= 0.3 is 0 Å². The van der Waals surface area contributed by atoms with E-state index in [1.807, 2.05) is 18.2 Å². The van der Waals surface area contributed by atoms with Crippen LogP contribution in [0.15, 0.2) is 215 Å². The molecule has 0 aliphatic carbocycles. The second-order valence-electron chi connectivity index (χ2n) is 15.1. The molecule has 0 bridgehead atoms. The van der Waals surface area contributed by atoms with E-state index in [1.54, 1.807) is 11.3 Å². The maximum atomic E-state index is 6.48. The van der Waals surface area contributed by atoms with Crippen molar-refractivity contribution in [1.29, 1.82) is 0 Å². The largest absolute Gasteiger partial charge is 0.456 e. The summed E-state index contributed by atoms with van der Waals surface area (Å²) in [5.41, 5.74) is 15.5. The minimum absolute atomic E-state index is 0.850. The van der Waals surface area contributed by atoms with Crippen molar-refractivity contribution >= 4 is 82.5 Å².